The monoisotopic (exact) mass is 431 g/mol. The van der Waals surface area contributed by atoms with Crippen LogP contribution in [0.3, 0.4) is 0 Å². The summed E-state index contributed by atoms with van der Waals surface area (Å²) in [5, 5.41) is 2.77. The topological polar surface area (TPSA) is 113 Å². The predicted molar refractivity (Wildman–Crippen MR) is 121 cm³/mol. The van der Waals surface area contributed by atoms with Crippen molar-refractivity contribution < 1.29 is 23.8 Å². The maximum atomic E-state index is 12.6. The van der Waals surface area contributed by atoms with E-state index in [2.05, 4.69) is 10.3 Å². The molecule has 8 nitrogen and oxygen atoms in total. The van der Waals surface area contributed by atoms with E-state index in [1.165, 1.54) is 0 Å². The molecule has 0 unspecified atom stereocenters. The lowest BCUT2D eigenvalue weighted by atomic mass is 10.00. The molecule has 0 fully saturated rings. The van der Waals surface area contributed by atoms with Crippen LogP contribution in [0.2, 0.25) is 0 Å². The zero-order valence-electron chi connectivity index (χ0n) is 17.8. The van der Waals surface area contributed by atoms with Crippen LogP contribution in [0.25, 0.3) is 22.8 Å². The van der Waals surface area contributed by atoms with Crippen molar-refractivity contribution in [3.8, 4) is 28.4 Å². The first kappa shape index (κ1) is 20.9. The SMILES string of the molecule is COc1cc(-c2cnc3c(c2)/C(=C/c2cccc(C(N)=O)c2)C(=O)N3)cc(OC)c1OC. The number of benzene rings is 2. The highest BCUT2D eigenvalue weighted by Gasteiger charge is 2.26. The molecule has 1 aromatic heterocycles. The van der Waals surface area contributed by atoms with Crippen LogP contribution in [0.4, 0.5) is 5.82 Å². The molecule has 3 N–H and O–H groups in total. The van der Waals surface area contributed by atoms with Gasteiger partial charge in [-0.3, -0.25) is 9.59 Å². The zero-order valence-corrected chi connectivity index (χ0v) is 17.8. The minimum atomic E-state index is -0.534. The van der Waals surface area contributed by atoms with Crippen LogP contribution in [-0.4, -0.2) is 38.1 Å². The lowest BCUT2D eigenvalue weighted by Gasteiger charge is -2.14. The van der Waals surface area contributed by atoms with E-state index in [9.17, 15) is 9.59 Å². The quantitative estimate of drug-likeness (QED) is 0.579. The minimum Gasteiger partial charge on any atom is -0.493 e. The zero-order chi connectivity index (χ0) is 22.8. The van der Waals surface area contributed by atoms with E-state index in [0.717, 1.165) is 11.1 Å². The molecule has 0 saturated carbocycles. The molecule has 2 heterocycles. The number of nitrogens with two attached hydrogens (primary N) is 1. The fraction of sp³-hybridized carbons (Fsp3) is 0.125. The number of fused-ring (bicyclic) bond motifs is 1. The van der Waals surface area contributed by atoms with Crippen molar-refractivity contribution in [3.05, 3.63) is 65.4 Å². The molecule has 0 bridgehead atoms. The fourth-order valence-corrected chi connectivity index (χ4v) is 3.56. The Hall–Kier alpha value is -4.33. The fourth-order valence-electron chi connectivity index (χ4n) is 3.56. The van der Waals surface area contributed by atoms with Gasteiger partial charge in [-0.1, -0.05) is 12.1 Å². The minimum absolute atomic E-state index is 0.279. The molecule has 4 rings (SSSR count). The van der Waals surface area contributed by atoms with Crippen molar-refractivity contribution in [3.63, 3.8) is 0 Å². The summed E-state index contributed by atoms with van der Waals surface area (Å²) in [4.78, 5) is 28.5. The average Bonchev–Trinajstić information content (AvgIpc) is 3.12. The van der Waals surface area contributed by atoms with Gasteiger partial charge in [0.25, 0.3) is 5.91 Å². The summed E-state index contributed by atoms with van der Waals surface area (Å²) in [5.74, 6) is 1.15. The van der Waals surface area contributed by atoms with E-state index >= 15 is 0 Å². The number of methoxy groups -OCH3 is 3. The van der Waals surface area contributed by atoms with Crippen LogP contribution >= 0.6 is 0 Å². The molecule has 0 aliphatic carbocycles. The summed E-state index contributed by atoms with van der Waals surface area (Å²) in [6.45, 7) is 0. The molecular formula is C24H21N3O5. The number of nitrogens with one attached hydrogen (secondary N) is 1. The molecule has 2 aromatic carbocycles. The van der Waals surface area contributed by atoms with E-state index in [1.807, 2.05) is 18.2 Å². The maximum Gasteiger partial charge on any atom is 0.257 e. The second-order valence-electron chi connectivity index (χ2n) is 7.04. The highest BCUT2D eigenvalue weighted by atomic mass is 16.5. The molecule has 32 heavy (non-hydrogen) atoms. The number of primary amides is 1. The van der Waals surface area contributed by atoms with Gasteiger partial charge < -0.3 is 25.3 Å². The molecule has 3 aromatic rings. The summed E-state index contributed by atoms with van der Waals surface area (Å²) in [7, 11) is 4.63. The summed E-state index contributed by atoms with van der Waals surface area (Å²) in [6, 6.07) is 12.3. The summed E-state index contributed by atoms with van der Waals surface area (Å²) < 4.78 is 16.3. The van der Waals surface area contributed by atoms with Gasteiger partial charge in [-0.2, -0.15) is 0 Å². The number of carbonyl (C=O) groups is 2. The van der Waals surface area contributed by atoms with Crippen molar-refractivity contribution in [2.24, 2.45) is 5.73 Å². The molecule has 0 atom stereocenters. The highest BCUT2D eigenvalue weighted by Crippen LogP contribution is 2.42. The molecule has 0 radical (unpaired) electrons. The highest BCUT2D eigenvalue weighted by molar-refractivity contribution is 6.34. The number of aromatic nitrogens is 1. The van der Waals surface area contributed by atoms with Crippen LogP contribution in [-0.2, 0) is 4.79 Å². The predicted octanol–water partition coefficient (Wildman–Crippen LogP) is 3.37. The number of pyridine rings is 1. The lowest BCUT2D eigenvalue weighted by Crippen LogP contribution is -2.10. The van der Waals surface area contributed by atoms with Crippen LogP contribution < -0.4 is 25.3 Å². The van der Waals surface area contributed by atoms with Gasteiger partial charge in [0.15, 0.2) is 11.5 Å². The van der Waals surface area contributed by atoms with Crippen molar-refractivity contribution in [2.75, 3.05) is 26.6 Å². The molecule has 1 aliphatic rings. The molecule has 162 valence electrons. The van der Waals surface area contributed by atoms with Gasteiger partial charge in [-0.15, -0.1) is 0 Å². The number of carbonyl (C=O) groups excluding carboxylic acids is 2. The van der Waals surface area contributed by atoms with Crippen molar-refractivity contribution in [1.82, 2.24) is 4.98 Å². The number of amides is 2. The number of rotatable bonds is 6. The summed E-state index contributed by atoms with van der Waals surface area (Å²) >= 11 is 0. The van der Waals surface area contributed by atoms with Crippen LogP contribution in [0.15, 0.2) is 48.7 Å². The second kappa shape index (κ2) is 8.43. The van der Waals surface area contributed by atoms with Gasteiger partial charge in [0.1, 0.15) is 5.82 Å². The smallest absolute Gasteiger partial charge is 0.257 e. The van der Waals surface area contributed by atoms with Crippen LogP contribution in [0.1, 0.15) is 21.5 Å². The Morgan fingerprint density at radius 3 is 2.34 bits per heavy atom. The third-order valence-electron chi connectivity index (χ3n) is 5.13. The Morgan fingerprint density at radius 2 is 1.72 bits per heavy atom. The standard InChI is InChI=1S/C24H21N3O5/c1-30-19-10-15(11-20(31-2)21(19)32-3)16-9-17-18(24(29)27-23(17)26-12-16)8-13-5-4-6-14(7-13)22(25)28/h4-12H,1-3H3,(H2,25,28)(H,26,27,29)/b18-8-. The van der Waals surface area contributed by atoms with E-state index < -0.39 is 5.91 Å². The largest absolute Gasteiger partial charge is 0.493 e. The Bertz CT molecular complexity index is 1240. The Labute approximate surface area is 184 Å². The molecular weight excluding hydrogens is 410 g/mol. The second-order valence-corrected chi connectivity index (χ2v) is 7.04. The van der Waals surface area contributed by atoms with E-state index in [-0.39, 0.29) is 5.91 Å². The van der Waals surface area contributed by atoms with Gasteiger partial charge in [0, 0.05) is 22.9 Å². The van der Waals surface area contributed by atoms with Gasteiger partial charge in [0.2, 0.25) is 11.7 Å². The normalized spacial score (nSPS) is 13.5. The van der Waals surface area contributed by atoms with Crippen LogP contribution in [0, 0.1) is 0 Å². The number of nitrogens with zero attached hydrogens (tertiary/aromatic N) is 1. The van der Waals surface area contributed by atoms with E-state index in [4.69, 9.17) is 19.9 Å². The first-order valence-electron chi connectivity index (χ1n) is 9.69. The Morgan fingerprint density at radius 1 is 1.00 bits per heavy atom. The van der Waals surface area contributed by atoms with Crippen LogP contribution in [0.5, 0.6) is 17.2 Å². The van der Waals surface area contributed by atoms with Gasteiger partial charge in [0.05, 0.1) is 26.9 Å². The lowest BCUT2D eigenvalue weighted by molar-refractivity contribution is -0.110. The number of hydrogen-bond acceptors (Lipinski definition) is 6. The van der Waals surface area contributed by atoms with E-state index in [0.29, 0.717) is 45.3 Å². The summed E-state index contributed by atoms with van der Waals surface area (Å²) in [5.41, 5.74) is 9.03. The van der Waals surface area contributed by atoms with Gasteiger partial charge >= 0.3 is 0 Å². The molecule has 0 saturated heterocycles. The van der Waals surface area contributed by atoms with Crippen molar-refractivity contribution in [1.29, 1.82) is 0 Å². The molecule has 0 spiro atoms. The van der Waals surface area contributed by atoms with Gasteiger partial charge in [-0.05, 0) is 47.5 Å². The average molecular weight is 431 g/mol. The van der Waals surface area contributed by atoms with E-state index in [1.54, 1.807) is 57.9 Å². The Kier molecular flexibility index (Phi) is 5.51. The third kappa shape index (κ3) is 3.74. The third-order valence-corrected chi connectivity index (χ3v) is 5.13. The Balaban J connectivity index is 1.80. The molecule has 1 aliphatic heterocycles. The molecule has 2 amide bonds. The number of ether oxygens (including phenoxy) is 3. The first-order chi connectivity index (χ1) is 15.4. The van der Waals surface area contributed by atoms with Crippen molar-refractivity contribution >= 4 is 29.3 Å². The number of hydrogen-bond donors (Lipinski definition) is 2. The maximum absolute atomic E-state index is 12.6. The molecule has 8 heteroatoms. The van der Waals surface area contributed by atoms with Gasteiger partial charge in [-0.25, -0.2) is 4.98 Å². The summed E-state index contributed by atoms with van der Waals surface area (Å²) in [6.07, 6.45) is 3.37. The first-order valence-corrected chi connectivity index (χ1v) is 9.69. The van der Waals surface area contributed by atoms with Crippen molar-refractivity contribution in [2.45, 2.75) is 0 Å². The number of anilines is 1.